The fraction of sp³-hybridized carbons (Fsp3) is 0.350. The van der Waals surface area contributed by atoms with E-state index in [9.17, 15) is 22.8 Å². The number of para-hydroxylation sites is 1. The summed E-state index contributed by atoms with van der Waals surface area (Å²) in [5.41, 5.74) is -0.665. The number of benzene rings is 1. The number of aromatic nitrogens is 2. The molecule has 0 radical (unpaired) electrons. The number of carbonyl (C=O) groups is 1. The molecule has 1 fully saturated rings. The van der Waals surface area contributed by atoms with Crippen LogP contribution in [0.4, 0.5) is 23.7 Å². The highest BCUT2D eigenvalue weighted by atomic mass is 19.4. The fourth-order valence-corrected chi connectivity index (χ4v) is 3.15. The van der Waals surface area contributed by atoms with Crippen LogP contribution in [0.2, 0.25) is 0 Å². The van der Waals surface area contributed by atoms with Crippen LogP contribution in [0.1, 0.15) is 23.9 Å². The Morgan fingerprint density at radius 2 is 1.90 bits per heavy atom. The number of ether oxygens (including phenoxy) is 1. The third kappa shape index (κ3) is 5.19. The van der Waals surface area contributed by atoms with Crippen LogP contribution < -0.4 is 10.6 Å². The topological polar surface area (TPSA) is 78.5 Å². The predicted molar refractivity (Wildman–Crippen MR) is 106 cm³/mol. The minimum Gasteiger partial charge on any atom is -0.450 e. The van der Waals surface area contributed by atoms with Crippen molar-refractivity contribution in [2.45, 2.75) is 13.1 Å². The van der Waals surface area contributed by atoms with Gasteiger partial charge in [-0.05, 0) is 30.7 Å². The molecular weight excluding hydrogens is 401 g/mol. The van der Waals surface area contributed by atoms with Gasteiger partial charge in [-0.3, -0.25) is 0 Å². The molecule has 0 saturated carbocycles. The maximum atomic E-state index is 12.9. The van der Waals surface area contributed by atoms with Crippen molar-refractivity contribution in [1.29, 1.82) is 0 Å². The van der Waals surface area contributed by atoms with Gasteiger partial charge in [0.25, 0.3) is 0 Å². The number of amides is 1. The van der Waals surface area contributed by atoms with Gasteiger partial charge in [-0.15, -0.1) is 0 Å². The van der Waals surface area contributed by atoms with E-state index >= 15 is 0 Å². The van der Waals surface area contributed by atoms with Crippen molar-refractivity contribution in [3.8, 4) is 0 Å². The van der Waals surface area contributed by atoms with Crippen molar-refractivity contribution < 1.29 is 22.7 Å². The van der Waals surface area contributed by atoms with Crippen LogP contribution in [0, 0.1) is 0 Å². The van der Waals surface area contributed by atoms with Crippen LogP contribution in [0.25, 0.3) is 12.2 Å². The van der Waals surface area contributed by atoms with E-state index in [-0.39, 0.29) is 11.8 Å². The molecular formula is C20H21F3N4O3. The average molecular weight is 422 g/mol. The number of halogens is 3. The van der Waals surface area contributed by atoms with Crippen LogP contribution in [-0.2, 0) is 10.9 Å². The highest BCUT2D eigenvalue weighted by Crippen LogP contribution is 2.28. The first-order valence-electron chi connectivity index (χ1n) is 9.40. The van der Waals surface area contributed by atoms with E-state index in [1.165, 1.54) is 6.08 Å². The Morgan fingerprint density at radius 3 is 2.57 bits per heavy atom. The SMILES string of the molecule is CCOC(=O)N1CCN(c2ccccc2C=Cc2cc(C(F)(F)F)[nH]c(=O)n2)CC1. The number of anilines is 1. The summed E-state index contributed by atoms with van der Waals surface area (Å²) in [6.45, 7) is 4.25. The predicted octanol–water partition coefficient (Wildman–Crippen LogP) is 3.24. The highest BCUT2D eigenvalue weighted by molar-refractivity contribution is 5.76. The second kappa shape index (κ2) is 9.02. The molecule has 160 valence electrons. The molecule has 2 aromatic rings. The number of hydrogen-bond acceptors (Lipinski definition) is 5. The summed E-state index contributed by atoms with van der Waals surface area (Å²) < 4.78 is 43.7. The third-order valence-corrected chi connectivity index (χ3v) is 4.59. The number of alkyl halides is 3. The van der Waals surface area contributed by atoms with Crippen molar-refractivity contribution in [1.82, 2.24) is 14.9 Å². The molecule has 0 bridgehead atoms. The minimum absolute atomic E-state index is 0.0898. The summed E-state index contributed by atoms with van der Waals surface area (Å²) in [4.78, 5) is 32.3. The number of piperazine rings is 1. The first-order chi connectivity index (χ1) is 14.3. The summed E-state index contributed by atoms with van der Waals surface area (Å²) in [6.07, 6.45) is -2.01. The molecule has 0 aliphatic carbocycles. The molecule has 2 heterocycles. The zero-order valence-electron chi connectivity index (χ0n) is 16.3. The van der Waals surface area contributed by atoms with Gasteiger partial charge in [-0.1, -0.05) is 24.3 Å². The lowest BCUT2D eigenvalue weighted by Gasteiger charge is -2.36. The van der Waals surface area contributed by atoms with Crippen LogP contribution in [0.5, 0.6) is 0 Å². The van der Waals surface area contributed by atoms with E-state index in [1.807, 2.05) is 24.3 Å². The molecule has 1 aromatic heterocycles. The lowest BCUT2D eigenvalue weighted by molar-refractivity contribution is -0.141. The van der Waals surface area contributed by atoms with E-state index in [2.05, 4.69) is 9.88 Å². The molecule has 3 rings (SSSR count). The summed E-state index contributed by atoms with van der Waals surface area (Å²) >= 11 is 0. The molecule has 10 heteroatoms. The highest BCUT2D eigenvalue weighted by Gasteiger charge is 2.32. The number of rotatable bonds is 4. The third-order valence-electron chi connectivity index (χ3n) is 4.59. The zero-order valence-corrected chi connectivity index (χ0v) is 16.3. The van der Waals surface area contributed by atoms with E-state index in [1.54, 1.807) is 22.9 Å². The van der Waals surface area contributed by atoms with Crippen molar-refractivity contribution >= 4 is 23.9 Å². The number of H-pyrrole nitrogens is 1. The van der Waals surface area contributed by atoms with Crippen molar-refractivity contribution in [3.63, 3.8) is 0 Å². The normalized spacial score (nSPS) is 14.9. The molecule has 0 atom stereocenters. The van der Waals surface area contributed by atoms with Gasteiger partial charge in [0, 0.05) is 31.9 Å². The molecule has 0 unspecified atom stereocenters. The quantitative estimate of drug-likeness (QED) is 0.819. The lowest BCUT2D eigenvalue weighted by Crippen LogP contribution is -2.49. The summed E-state index contributed by atoms with van der Waals surface area (Å²) in [5.74, 6) is 0. The van der Waals surface area contributed by atoms with Crippen LogP contribution in [0.3, 0.4) is 0 Å². The zero-order chi connectivity index (χ0) is 21.7. The molecule has 7 nitrogen and oxygen atoms in total. The summed E-state index contributed by atoms with van der Waals surface area (Å²) in [6, 6.07) is 8.17. The van der Waals surface area contributed by atoms with Gasteiger partial charge in [0.05, 0.1) is 12.3 Å². The van der Waals surface area contributed by atoms with E-state index < -0.39 is 17.6 Å². The monoisotopic (exact) mass is 422 g/mol. The van der Waals surface area contributed by atoms with Gasteiger partial charge in [-0.25, -0.2) is 9.59 Å². The van der Waals surface area contributed by atoms with Gasteiger partial charge < -0.3 is 19.5 Å². The molecule has 1 aliphatic rings. The molecule has 1 saturated heterocycles. The van der Waals surface area contributed by atoms with E-state index in [4.69, 9.17) is 4.74 Å². The molecule has 30 heavy (non-hydrogen) atoms. The second-order valence-corrected chi connectivity index (χ2v) is 6.59. The Kier molecular flexibility index (Phi) is 6.43. The van der Waals surface area contributed by atoms with Crippen molar-refractivity contribution in [2.75, 3.05) is 37.7 Å². The molecule has 1 aliphatic heterocycles. The minimum atomic E-state index is -4.67. The Hall–Kier alpha value is -3.30. The standard InChI is InChI=1S/C20H21F3N4O3/c1-2-30-19(29)27-11-9-26(10-12-27)16-6-4-3-5-14(16)7-8-15-13-17(20(21,22)23)25-18(28)24-15/h3-8,13H,2,9-12H2,1H3,(H,24,25,28). The van der Waals surface area contributed by atoms with Gasteiger partial charge in [0.2, 0.25) is 0 Å². The first-order valence-corrected chi connectivity index (χ1v) is 9.40. The Balaban J connectivity index is 1.78. The molecule has 0 spiro atoms. The summed E-state index contributed by atoms with van der Waals surface area (Å²) in [5, 5.41) is 0. The number of carbonyl (C=O) groups excluding carboxylic acids is 1. The van der Waals surface area contributed by atoms with Crippen LogP contribution >= 0.6 is 0 Å². The molecule has 1 amide bonds. The lowest BCUT2D eigenvalue weighted by atomic mass is 10.1. The number of hydrogen-bond donors (Lipinski definition) is 1. The van der Waals surface area contributed by atoms with Gasteiger partial charge >= 0.3 is 18.0 Å². The summed E-state index contributed by atoms with van der Waals surface area (Å²) in [7, 11) is 0. The van der Waals surface area contributed by atoms with Crippen molar-refractivity contribution in [3.05, 3.63) is 57.8 Å². The maximum absolute atomic E-state index is 12.9. The number of nitrogens with zero attached hydrogens (tertiary/aromatic N) is 3. The Bertz CT molecular complexity index is 980. The van der Waals surface area contributed by atoms with Gasteiger partial charge in [0.1, 0.15) is 5.69 Å². The van der Waals surface area contributed by atoms with E-state index in [0.29, 0.717) is 32.8 Å². The maximum Gasteiger partial charge on any atom is 0.431 e. The number of nitrogens with one attached hydrogen (secondary N) is 1. The average Bonchev–Trinajstić information content (AvgIpc) is 2.72. The van der Waals surface area contributed by atoms with Gasteiger partial charge in [-0.2, -0.15) is 18.2 Å². The molecule has 1 N–H and O–H groups in total. The number of aromatic amines is 1. The second-order valence-electron chi connectivity index (χ2n) is 6.59. The largest absolute Gasteiger partial charge is 0.450 e. The smallest absolute Gasteiger partial charge is 0.431 e. The van der Waals surface area contributed by atoms with Crippen molar-refractivity contribution in [2.24, 2.45) is 0 Å². The Labute approximate surface area is 170 Å². The molecule has 1 aromatic carbocycles. The van der Waals surface area contributed by atoms with Crippen LogP contribution in [0.15, 0.2) is 35.1 Å². The first kappa shape index (κ1) is 21.4. The van der Waals surface area contributed by atoms with Crippen LogP contribution in [-0.4, -0.2) is 53.7 Å². The van der Waals surface area contributed by atoms with E-state index in [0.717, 1.165) is 17.3 Å². The fourth-order valence-electron chi connectivity index (χ4n) is 3.15. The van der Waals surface area contributed by atoms with Gasteiger partial charge in [0.15, 0.2) is 0 Å². The Morgan fingerprint density at radius 1 is 1.20 bits per heavy atom.